The van der Waals surface area contributed by atoms with Crippen LogP contribution in [0.4, 0.5) is 13.2 Å². The van der Waals surface area contributed by atoms with Crippen LogP contribution in [0.25, 0.3) is 16.7 Å². The second-order valence-corrected chi connectivity index (χ2v) is 9.27. The molecule has 2 aromatic carbocycles. The highest BCUT2D eigenvalue weighted by Gasteiger charge is 2.38. The highest BCUT2D eigenvalue weighted by molar-refractivity contribution is 7.99. The van der Waals surface area contributed by atoms with E-state index in [2.05, 4.69) is 0 Å². The summed E-state index contributed by atoms with van der Waals surface area (Å²) in [6.07, 6.45) is -4.66. The molecule has 0 aliphatic carbocycles. The first-order chi connectivity index (χ1) is 15.5. The number of aromatic hydroxyl groups is 1. The summed E-state index contributed by atoms with van der Waals surface area (Å²) < 4.78 is 47.0. The Morgan fingerprint density at radius 1 is 1.03 bits per heavy atom. The van der Waals surface area contributed by atoms with Gasteiger partial charge in [0.15, 0.2) is 5.75 Å². The molecule has 0 bridgehead atoms. The molecule has 1 aliphatic rings. The molecule has 0 atom stereocenters. The quantitative estimate of drug-likeness (QED) is 0.420. The smallest absolute Gasteiger partial charge is 0.417 e. The summed E-state index contributed by atoms with van der Waals surface area (Å²) in [6.45, 7) is 3.85. The van der Waals surface area contributed by atoms with Gasteiger partial charge in [0.1, 0.15) is 15.9 Å². The lowest BCUT2D eigenvalue weighted by Crippen LogP contribution is -2.24. The van der Waals surface area contributed by atoms with Gasteiger partial charge in [-0.2, -0.15) is 13.2 Å². The minimum absolute atomic E-state index is 0.122. The van der Waals surface area contributed by atoms with Crippen LogP contribution in [0, 0.1) is 0 Å². The predicted octanol–water partition coefficient (Wildman–Crippen LogP) is 5.46. The van der Waals surface area contributed by atoms with Gasteiger partial charge in [0, 0.05) is 22.1 Å². The molecule has 9 heteroatoms. The second-order valence-electron chi connectivity index (χ2n) is 8.21. The van der Waals surface area contributed by atoms with Crippen molar-refractivity contribution >= 4 is 22.7 Å². The molecule has 4 aromatic rings. The van der Waals surface area contributed by atoms with Crippen LogP contribution in [0.2, 0.25) is 0 Å². The number of alkyl halides is 3. The largest absolute Gasteiger partial charge is 0.505 e. The van der Waals surface area contributed by atoms with Crippen LogP contribution in [0.5, 0.6) is 5.75 Å². The molecular weight excluding hydrogens is 455 g/mol. The van der Waals surface area contributed by atoms with Crippen molar-refractivity contribution in [2.45, 2.75) is 35.2 Å². The van der Waals surface area contributed by atoms with E-state index in [-0.39, 0.29) is 15.9 Å². The monoisotopic (exact) mass is 471 g/mol. The fourth-order valence-corrected chi connectivity index (χ4v) is 5.25. The summed E-state index contributed by atoms with van der Waals surface area (Å²) in [4.78, 5) is 25.4. The first kappa shape index (κ1) is 21.4. The molecule has 0 radical (unpaired) electrons. The van der Waals surface area contributed by atoms with E-state index >= 15 is 0 Å². The fourth-order valence-electron chi connectivity index (χ4n) is 4.27. The molecule has 2 aromatic heterocycles. The molecule has 168 valence electrons. The third kappa shape index (κ3) is 3.10. The van der Waals surface area contributed by atoms with Gasteiger partial charge >= 0.3 is 11.8 Å². The average Bonchev–Trinajstić information content (AvgIpc) is 2.98. The summed E-state index contributed by atoms with van der Waals surface area (Å²) in [5, 5.41) is 10.6. The molecular formula is C24H16F3NO4S. The van der Waals surface area contributed by atoms with E-state index in [0.717, 1.165) is 11.6 Å². The summed E-state index contributed by atoms with van der Waals surface area (Å²) in [7, 11) is 0. The predicted molar refractivity (Wildman–Crippen MR) is 117 cm³/mol. The number of para-hydroxylation sites is 1. The lowest BCUT2D eigenvalue weighted by Gasteiger charge is -2.20. The Morgan fingerprint density at radius 2 is 1.70 bits per heavy atom. The standard InChI is InChI=1S/C24H16F3NO4S/c1-23(2)12-7-3-5-9-14(12)28-17(23)11-15-18(21(28)30)19(29)20(22(31)32-15)33-16-10-6-4-8-13(16)24(25,26)27/h3-11,29H,1-2H3. The maximum absolute atomic E-state index is 13.5. The first-order valence-corrected chi connectivity index (χ1v) is 10.7. The molecule has 0 spiro atoms. The molecule has 0 unspecified atom stereocenters. The Kier molecular flexibility index (Phi) is 4.55. The number of fused-ring (bicyclic) bond motifs is 4. The zero-order chi connectivity index (χ0) is 23.7. The maximum Gasteiger partial charge on any atom is 0.417 e. The normalized spacial score (nSPS) is 14.3. The summed E-state index contributed by atoms with van der Waals surface area (Å²) in [5.74, 6) is -0.703. The number of benzene rings is 2. The average molecular weight is 471 g/mol. The Balaban J connectivity index is 1.77. The van der Waals surface area contributed by atoms with Gasteiger partial charge in [0.25, 0.3) is 5.56 Å². The van der Waals surface area contributed by atoms with Gasteiger partial charge in [-0.25, -0.2) is 4.79 Å². The zero-order valence-corrected chi connectivity index (χ0v) is 18.2. The topological polar surface area (TPSA) is 72.4 Å². The van der Waals surface area contributed by atoms with Crippen molar-refractivity contribution in [3.63, 3.8) is 0 Å². The molecule has 33 heavy (non-hydrogen) atoms. The third-order valence-corrected chi connectivity index (χ3v) is 7.02. The van der Waals surface area contributed by atoms with Gasteiger partial charge in [-0.05, 0) is 23.8 Å². The van der Waals surface area contributed by atoms with Crippen LogP contribution < -0.4 is 11.2 Å². The van der Waals surface area contributed by atoms with Gasteiger partial charge in [0.05, 0.1) is 11.3 Å². The second kappa shape index (κ2) is 7.02. The summed E-state index contributed by atoms with van der Waals surface area (Å²) in [5.41, 5.74) is -1.21. The zero-order valence-electron chi connectivity index (χ0n) is 17.4. The van der Waals surface area contributed by atoms with E-state index in [1.54, 1.807) is 12.1 Å². The molecule has 3 heterocycles. The van der Waals surface area contributed by atoms with Crippen molar-refractivity contribution in [2.75, 3.05) is 0 Å². The molecule has 5 rings (SSSR count). The van der Waals surface area contributed by atoms with Crippen molar-refractivity contribution in [2.24, 2.45) is 0 Å². The van der Waals surface area contributed by atoms with Crippen molar-refractivity contribution in [3.05, 3.63) is 92.2 Å². The SMILES string of the molecule is CC1(C)c2ccccc2-n2c1cc1oc(=O)c(Sc3ccccc3C(F)(F)F)c(O)c1c2=O. The Morgan fingerprint density at radius 3 is 2.42 bits per heavy atom. The summed E-state index contributed by atoms with van der Waals surface area (Å²) >= 11 is 0.412. The van der Waals surface area contributed by atoms with E-state index < -0.39 is 39.0 Å². The Labute approximate surface area is 189 Å². The number of hydrogen-bond acceptors (Lipinski definition) is 5. The minimum atomic E-state index is -4.66. The van der Waals surface area contributed by atoms with Crippen molar-refractivity contribution in [1.82, 2.24) is 4.57 Å². The van der Waals surface area contributed by atoms with Gasteiger partial charge in [-0.15, -0.1) is 0 Å². The van der Waals surface area contributed by atoms with E-state index in [9.17, 15) is 27.9 Å². The van der Waals surface area contributed by atoms with Crippen LogP contribution in [-0.4, -0.2) is 9.67 Å². The first-order valence-electron chi connectivity index (χ1n) is 9.92. The van der Waals surface area contributed by atoms with Crippen LogP contribution in [-0.2, 0) is 11.6 Å². The number of hydrogen-bond donors (Lipinski definition) is 1. The fraction of sp³-hybridized carbons (Fsp3) is 0.167. The Bertz CT molecular complexity index is 1570. The number of halogens is 3. The van der Waals surface area contributed by atoms with Crippen LogP contribution in [0.3, 0.4) is 0 Å². The third-order valence-electron chi connectivity index (χ3n) is 5.88. The molecule has 0 amide bonds. The van der Waals surface area contributed by atoms with Gasteiger partial charge in [-0.3, -0.25) is 9.36 Å². The molecule has 1 N–H and O–H groups in total. The number of nitrogens with zero attached hydrogens (tertiary/aromatic N) is 1. The lowest BCUT2D eigenvalue weighted by molar-refractivity contribution is -0.139. The number of aromatic nitrogens is 1. The van der Waals surface area contributed by atoms with Crippen molar-refractivity contribution in [1.29, 1.82) is 0 Å². The van der Waals surface area contributed by atoms with Crippen molar-refractivity contribution < 1.29 is 22.7 Å². The highest BCUT2D eigenvalue weighted by Crippen LogP contribution is 2.45. The van der Waals surface area contributed by atoms with Gasteiger partial charge < -0.3 is 9.52 Å². The molecule has 1 aliphatic heterocycles. The lowest BCUT2D eigenvalue weighted by atomic mass is 9.83. The molecule has 0 saturated carbocycles. The molecule has 0 fully saturated rings. The van der Waals surface area contributed by atoms with E-state index in [1.807, 2.05) is 26.0 Å². The van der Waals surface area contributed by atoms with Crippen LogP contribution in [0.15, 0.2) is 78.4 Å². The highest BCUT2D eigenvalue weighted by atomic mass is 32.2. The maximum atomic E-state index is 13.5. The van der Waals surface area contributed by atoms with Crippen LogP contribution >= 0.6 is 11.8 Å². The van der Waals surface area contributed by atoms with Gasteiger partial charge in [0.2, 0.25) is 0 Å². The Hall–Kier alpha value is -3.46. The van der Waals surface area contributed by atoms with Crippen LogP contribution in [0.1, 0.15) is 30.7 Å². The molecule has 0 saturated heterocycles. The van der Waals surface area contributed by atoms with Crippen molar-refractivity contribution in [3.8, 4) is 11.4 Å². The van der Waals surface area contributed by atoms with E-state index in [0.29, 0.717) is 23.1 Å². The van der Waals surface area contributed by atoms with Gasteiger partial charge in [-0.1, -0.05) is 55.9 Å². The summed E-state index contributed by atoms with van der Waals surface area (Å²) in [6, 6.07) is 13.5. The number of pyridine rings is 1. The minimum Gasteiger partial charge on any atom is -0.505 e. The number of rotatable bonds is 2. The molecule has 5 nitrogen and oxygen atoms in total. The van der Waals surface area contributed by atoms with E-state index in [4.69, 9.17) is 4.42 Å². The van der Waals surface area contributed by atoms with E-state index in [1.165, 1.54) is 28.8 Å².